The van der Waals surface area contributed by atoms with Crippen LogP contribution in [-0.4, -0.2) is 7.11 Å². The van der Waals surface area contributed by atoms with Crippen LogP contribution in [0.15, 0.2) is 461 Å². The van der Waals surface area contributed by atoms with Crippen LogP contribution in [0.1, 0.15) is 91.6 Å². The minimum atomic E-state index is -0.0910. The molecule has 0 spiro atoms. The largest absolute Gasteiger partial charge is 0.497 e. The predicted molar refractivity (Wildman–Crippen MR) is 597 cm³/mol. The Balaban J connectivity index is 0.000000111. The monoisotopic (exact) mass is 1800 g/mol. The van der Waals surface area contributed by atoms with E-state index in [0.717, 1.165) is 22.4 Å². The maximum absolute atomic E-state index is 9.54. The zero-order chi connectivity index (χ0) is 94.9. The van der Waals surface area contributed by atoms with Crippen LogP contribution in [0.25, 0.3) is 219 Å². The summed E-state index contributed by atoms with van der Waals surface area (Å²) in [7, 11) is 1.72. The smallest absolute Gasteiger partial charge is 0.118 e. The predicted octanol–water partition coefficient (Wildman–Crippen LogP) is 37.0. The summed E-state index contributed by atoms with van der Waals surface area (Å²) in [4.78, 5) is 0. The van der Waals surface area contributed by atoms with E-state index in [0.29, 0.717) is 5.56 Å². The summed E-state index contributed by atoms with van der Waals surface area (Å²) >= 11 is 0. The van der Waals surface area contributed by atoms with Gasteiger partial charge in [-0.2, -0.15) is 5.26 Å². The highest BCUT2D eigenvalue weighted by molar-refractivity contribution is 6.26. The molecule has 0 bridgehead atoms. The quantitative estimate of drug-likeness (QED) is 0.107. The van der Waals surface area contributed by atoms with Gasteiger partial charge in [-0.05, 0) is 326 Å². The lowest BCUT2D eigenvalue weighted by molar-refractivity contribution is 0.415. The molecule has 0 radical (unpaired) electrons. The van der Waals surface area contributed by atoms with Gasteiger partial charge in [-0.1, -0.05) is 442 Å². The Morgan fingerprint density at radius 3 is 0.837 bits per heavy atom. The molecule has 0 atom stereocenters. The van der Waals surface area contributed by atoms with E-state index in [2.05, 4.69) is 502 Å². The lowest BCUT2D eigenvalue weighted by Gasteiger charge is -2.23. The lowest BCUT2D eigenvalue weighted by Crippen LogP contribution is -2.14. The maximum Gasteiger partial charge on any atom is 0.118 e. The molecule has 3 aliphatic rings. The number of nitrogens with zero attached hydrogens (tertiary/aromatic N) is 1. The summed E-state index contributed by atoms with van der Waals surface area (Å²) in [5, 5.41) is 31.7. The molecule has 2 nitrogen and oxygen atoms in total. The van der Waals surface area contributed by atoms with E-state index >= 15 is 0 Å². The van der Waals surface area contributed by atoms with Gasteiger partial charge in [-0.3, -0.25) is 0 Å². The van der Waals surface area contributed by atoms with Gasteiger partial charge in [0.25, 0.3) is 0 Å². The molecule has 0 aliphatic heterocycles. The number of methoxy groups -OCH3 is 1. The van der Waals surface area contributed by atoms with Crippen LogP contribution in [-0.2, 0) is 16.2 Å². The van der Waals surface area contributed by atoms with Crippen molar-refractivity contribution in [1.82, 2.24) is 0 Å². The average Bonchev–Trinajstić information content (AvgIpc) is 1.61. The lowest BCUT2D eigenvalue weighted by atomic mass is 9.80. The van der Waals surface area contributed by atoms with Crippen molar-refractivity contribution in [2.24, 2.45) is 0 Å². The second kappa shape index (κ2) is 34.0. The van der Waals surface area contributed by atoms with Crippen LogP contribution in [0.3, 0.4) is 0 Å². The third-order valence-electron chi connectivity index (χ3n) is 30.7. The number of rotatable bonds is 9. The van der Waals surface area contributed by atoms with Crippen molar-refractivity contribution < 1.29 is 4.74 Å². The second-order valence-corrected chi connectivity index (χ2v) is 39.6. The summed E-state index contributed by atoms with van der Waals surface area (Å²) in [5.74, 6) is 7.99. The molecule has 3 aliphatic carbocycles. The second-order valence-electron chi connectivity index (χ2n) is 39.6. The molecule has 664 valence electrons. The number of fused-ring (bicyclic) bond motifs is 18. The number of nitriles is 1. The molecule has 0 saturated heterocycles. The average molecular weight is 1800 g/mol. The molecule has 141 heavy (non-hydrogen) atoms. The van der Waals surface area contributed by atoms with Crippen LogP contribution < -0.4 is 4.74 Å². The Hall–Kier alpha value is -17.5. The Bertz CT molecular complexity index is 9430. The normalized spacial score (nSPS) is 13.0. The third-order valence-corrected chi connectivity index (χ3v) is 30.7. The van der Waals surface area contributed by atoms with E-state index in [9.17, 15) is 5.26 Å². The number of ether oxygens (including phenoxy) is 1. The first-order chi connectivity index (χ1) is 69.1. The highest BCUT2D eigenvalue weighted by Crippen LogP contribution is 2.60. The summed E-state index contributed by atoms with van der Waals surface area (Å²) < 4.78 is 5.54. The Labute approximate surface area is 823 Å². The van der Waals surface area contributed by atoms with E-state index in [1.54, 1.807) is 7.11 Å². The van der Waals surface area contributed by atoms with Crippen LogP contribution in [0.2, 0.25) is 0 Å². The Morgan fingerprint density at radius 2 is 0.454 bits per heavy atom. The first-order valence-corrected chi connectivity index (χ1v) is 49.0. The van der Waals surface area contributed by atoms with Crippen LogP contribution in [0.5, 0.6) is 5.75 Å². The minimum absolute atomic E-state index is 0.0766. The first kappa shape index (κ1) is 85.2. The highest BCUT2D eigenvalue weighted by Gasteiger charge is 2.41. The van der Waals surface area contributed by atoms with Crippen molar-refractivity contribution in [3.63, 3.8) is 0 Å². The van der Waals surface area contributed by atoms with Gasteiger partial charge in [-0.25, -0.2) is 0 Å². The zero-order valence-electron chi connectivity index (χ0n) is 79.7. The minimum Gasteiger partial charge on any atom is -0.497 e. The van der Waals surface area contributed by atoms with Crippen LogP contribution >= 0.6 is 0 Å². The summed E-state index contributed by atoms with van der Waals surface area (Å²) in [6, 6.07) is 170. The van der Waals surface area contributed by atoms with Crippen molar-refractivity contribution in [2.45, 2.75) is 57.8 Å². The highest BCUT2D eigenvalue weighted by atomic mass is 16.5. The van der Waals surface area contributed by atoms with Gasteiger partial charge in [0.05, 0.1) is 18.7 Å². The molecular weight excluding hydrogens is 1700 g/mol. The topological polar surface area (TPSA) is 33.0 Å². The molecule has 0 fully saturated rings. The van der Waals surface area contributed by atoms with Gasteiger partial charge in [0.1, 0.15) is 5.75 Å². The molecule has 2 heteroatoms. The van der Waals surface area contributed by atoms with Crippen molar-refractivity contribution in [3.05, 3.63) is 511 Å². The van der Waals surface area contributed by atoms with E-state index in [4.69, 9.17) is 4.74 Å². The summed E-state index contributed by atoms with van der Waals surface area (Å²) in [6.07, 6.45) is 0. The fraction of sp³-hybridized carbons (Fsp3) is 0.0719. The van der Waals surface area contributed by atoms with Crippen molar-refractivity contribution in [2.75, 3.05) is 7.11 Å². The molecule has 0 amide bonds. The van der Waals surface area contributed by atoms with Gasteiger partial charge >= 0.3 is 0 Å². The standard InChI is InChI=1S/C47H32.C46H31N.C46H34O/c1-47(2)43-21-11-10-19-40(43)46-41(20-12-22-44(46)47)45-39-18-9-8-17-36(39)37(27-23-31-13-4-3-5-14-31)38-28-26-35(30-42(38)45)34-25-24-32-15-6-7-16-33(32)29-34;1-46(2)41-16-8-7-14-38(41)45-39(15-9-17-42(45)46)44-36-13-6-5-12-35(36)43(31-20-18-29(28-47)19-21-31)37-25-24-34(27-40(37)44)33-23-22-30-10-3-4-11-32(30)26-33;1-46(2)41-17-9-8-15-38(41)45-39(16-10-18-42(45)46)44-36-14-7-6-13-35(36)43(30-21-24-34(47-3)25-22-30)37-26-23-33(28-40(37)44)32-20-19-29-11-4-5-12-31(29)27-32/h3-22,24-26,28-30H,1-2H3;3-27H,1-2H3;4-28H,1-3H3. The van der Waals surface area contributed by atoms with Crippen molar-refractivity contribution in [3.8, 4) is 146 Å². The van der Waals surface area contributed by atoms with Crippen LogP contribution in [0, 0.1) is 23.2 Å². The zero-order valence-corrected chi connectivity index (χ0v) is 79.7. The molecular formula is C139H97NO. The molecule has 0 N–H and O–H groups in total. The molecule has 0 aromatic heterocycles. The van der Waals surface area contributed by atoms with Crippen LogP contribution in [0.4, 0.5) is 0 Å². The Kier molecular flexibility index (Phi) is 20.5. The summed E-state index contributed by atoms with van der Waals surface area (Å²) in [6.45, 7) is 14.1. The first-order valence-electron chi connectivity index (χ1n) is 49.0. The third kappa shape index (κ3) is 14.1. The number of hydrogen-bond donors (Lipinski definition) is 0. The van der Waals surface area contributed by atoms with E-state index in [1.165, 1.54) is 247 Å². The SMILES string of the molecule is CC1(C)c2ccccc2-c2c(-c3c4ccccc4c(-c4ccc(C#N)cc4)c4ccc(-c5ccc6ccccc6c5)cc34)cccc21.CC1(C)c2ccccc2-c2c(-c3c4ccccc4c(C#Cc4ccccc4)c4ccc(-c5ccc6ccccc6c5)cc34)cccc21.COc1ccc(-c2c3ccccc3c(-c3cccc4c3-c3ccccc3C4(C)C)c3cc(-c4ccc5ccccc5c4)ccc23)cc1. The number of benzene rings is 24. The van der Waals surface area contributed by atoms with Gasteiger partial charge in [0, 0.05) is 27.4 Å². The Morgan fingerprint density at radius 1 is 0.184 bits per heavy atom. The fourth-order valence-electron chi connectivity index (χ4n) is 23.8. The molecule has 24 aromatic carbocycles. The number of hydrogen-bond acceptors (Lipinski definition) is 2. The van der Waals surface area contributed by atoms with E-state index in [-0.39, 0.29) is 16.2 Å². The van der Waals surface area contributed by atoms with Gasteiger partial charge in [0.15, 0.2) is 0 Å². The molecule has 0 heterocycles. The van der Waals surface area contributed by atoms with Crippen molar-refractivity contribution >= 4 is 97.0 Å². The van der Waals surface area contributed by atoms with Crippen molar-refractivity contribution in [1.29, 1.82) is 5.26 Å². The molecule has 0 saturated carbocycles. The molecule has 24 aromatic rings. The van der Waals surface area contributed by atoms with Gasteiger partial charge < -0.3 is 4.74 Å². The van der Waals surface area contributed by atoms with Gasteiger partial charge in [0.2, 0.25) is 0 Å². The van der Waals surface area contributed by atoms with Gasteiger partial charge in [-0.15, -0.1) is 0 Å². The fourth-order valence-corrected chi connectivity index (χ4v) is 23.8. The molecule has 27 rings (SSSR count). The van der Waals surface area contributed by atoms with E-state index in [1.807, 2.05) is 18.2 Å². The molecule has 0 unspecified atom stereocenters. The maximum atomic E-state index is 9.54. The van der Waals surface area contributed by atoms with E-state index < -0.39 is 0 Å². The summed E-state index contributed by atoms with van der Waals surface area (Å²) in [5.41, 5.74) is 38.5.